The number of aliphatic hydroxyl groups excluding tert-OH is 4. The molecule has 0 spiro atoms. The number of benzene rings is 1. The summed E-state index contributed by atoms with van der Waals surface area (Å²) in [5, 5.41) is 56.8. The van der Waals surface area contributed by atoms with Gasteiger partial charge in [-0.25, -0.2) is 4.79 Å². The van der Waals surface area contributed by atoms with E-state index in [4.69, 9.17) is 19.7 Å². The molecule has 0 radical (unpaired) electrons. The Morgan fingerprint density at radius 3 is 2.54 bits per heavy atom. The van der Waals surface area contributed by atoms with Crippen LogP contribution in [0.15, 0.2) is 24.3 Å². The Bertz CT molecular complexity index is 613. The SMILES string of the molecule is O=C(O)/C=C/c1ccc(O)cc1O[C@@H]1O[C@H](CO)[C@@H](O)[C@H](O)[C@H]1O. The molecular weight excluding hydrogens is 324 g/mol. The van der Waals surface area contributed by atoms with Gasteiger partial charge in [-0.05, 0) is 18.2 Å². The largest absolute Gasteiger partial charge is 0.508 e. The molecule has 0 amide bonds. The smallest absolute Gasteiger partial charge is 0.328 e. The van der Waals surface area contributed by atoms with Gasteiger partial charge in [-0.3, -0.25) is 0 Å². The van der Waals surface area contributed by atoms with Crippen molar-refractivity contribution in [3.05, 3.63) is 29.8 Å². The number of hydrogen-bond donors (Lipinski definition) is 6. The number of rotatable bonds is 5. The van der Waals surface area contributed by atoms with Gasteiger partial charge in [0.1, 0.15) is 35.9 Å². The molecule has 132 valence electrons. The highest BCUT2D eigenvalue weighted by Crippen LogP contribution is 2.30. The molecule has 1 aliphatic rings. The molecule has 1 aromatic rings. The molecular formula is C15H18O9. The summed E-state index contributed by atoms with van der Waals surface area (Å²) in [4.78, 5) is 10.6. The molecule has 24 heavy (non-hydrogen) atoms. The number of aromatic hydroxyl groups is 1. The van der Waals surface area contributed by atoms with Crippen molar-refractivity contribution in [1.82, 2.24) is 0 Å². The first-order valence-electron chi connectivity index (χ1n) is 7.04. The maximum atomic E-state index is 10.6. The number of phenols is 1. The number of aliphatic carboxylic acids is 1. The predicted octanol–water partition coefficient (Wildman–Crippen LogP) is -1.33. The number of aliphatic hydroxyl groups is 4. The minimum atomic E-state index is -1.62. The molecule has 0 unspecified atom stereocenters. The van der Waals surface area contributed by atoms with E-state index in [1.165, 1.54) is 24.3 Å². The van der Waals surface area contributed by atoms with Crippen LogP contribution < -0.4 is 4.74 Å². The van der Waals surface area contributed by atoms with Crippen LogP contribution in [-0.2, 0) is 9.53 Å². The molecule has 1 heterocycles. The van der Waals surface area contributed by atoms with Crippen LogP contribution in [0.25, 0.3) is 6.08 Å². The van der Waals surface area contributed by atoms with E-state index in [-0.39, 0.29) is 17.1 Å². The van der Waals surface area contributed by atoms with Gasteiger partial charge in [-0.1, -0.05) is 0 Å². The number of carbonyl (C=O) groups is 1. The molecule has 0 aliphatic carbocycles. The van der Waals surface area contributed by atoms with Crippen molar-refractivity contribution in [1.29, 1.82) is 0 Å². The van der Waals surface area contributed by atoms with Crippen LogP contribution in [0.5, 0.6) is 11.5 Å². The van der Waals surface area contributed by atoms with Crippen molar-refractivity contribution in [3.63, 3.8) is 0 Å². The highest BCUT2D eigenvalue weighted by atomic mass is 16.7. The third kappa shape index (κ3) is 4.02. The number of carboxylic acids is 1. The monoisotopic (exact) mass is 342 g/mol. The van der Waals surface area contributed by atoms with Crippen LogP contribution in [-0.4, -0.2) is 73.9 Å². The van der Waals surface area contributed by atoms with Crippen molar-refractivity contribution >= 4 is 12.0 Å². The second-order valence-corrected chi connectivity index (χ2v) is 5.21. The Hall–Kier alpha value is -2.17. The summed E-state index contributed by atoms with van der Waals surface area (Å²) in [5.41, 5.74) is 0.271. The van der Waals surface area contributed by atoms with E-state index in [1.54, 1.807) is 0 Å². The van der Waals surface area contributed by atoms with E-state index >= 15 is 0 Å². The fraction of sp³-hybridized carbons (Fsp3) is 0.400. The zero-order valence-corrected chi connectivity index (χ0v) is 12.4. The van der Waals surface area contributed by atoms with E-state index in [0.717, 1.165) is 6.08 Å². The van der Waals surface area contributed by atoms with Crippen molar-refractivity contribution in [3.8, 4) is 11.5 Å². The van der Waals surface area contributed by atoms with Gasteiger partial charge in [0.2, 0.25) is 6.29 Å². The molecule has 0 saturated carbocycles. The third-order valence-corrected chi connectivity index (χ3v) is 3.49. The molecule has 1 aromatic carbocycles. The van der Waals surface area contributed by atoms with E-state index in [2.05, 4.69) is 0 Å². The average Bonchev–Trinajstić information content (AvgIpc) is 2.54. The Balaban J connectivity index is 2.26. The fourth-order valence-corrected chi connectivity index (χ4v) is 2.21. The zero-order chi connectivity index (χ0) is 17.9. The van der Waals surface area contributed by atoms with Crippen LogP contribution in [0, 0.1) is 0 Å². The van der Waals surface area contributed by atoms with Crippen LogP contribution >= 0.6 is 0 Å². The first kappa shape index (κ1) is 18.2. The molecule has 1 fully saturated rings. The average molecular weight is 342 g/mol. The lowest BCUT2D eigenvalue weighted by atomic mass is 9.99. The maximum absolute atomic E-state index is 10.6. The van der Waals surface area contributed by atoms with E-state index < -0.39 is 43.3 Å². The first-order chi connectivity index (χ1) is 11.3. The summed E-state index contributed by atoms with van der Waals surface area (Å²) in [6.07, 6.45) is -5.30. The molecule has 9 heteroatoms. The molecule has 0 aromatic heterocycles. The summed E-state index contributed by atoms with van der Waals surface area (Å²) in [6.45, 7) is -0.614. The fourth-order valence-electron chi connectivity index (χ4n) is 2.21. The van der Waals surface area contributed by atoms with Crippen LogP contribution in [0.2, 0.25) is 0 Å². The lowest BCUT2D eigenvalue weighted by molar-refractivity contribution is -0.277. The number of carboxylic acid groups (broad SMARTS) is 1. The Morgan fingerprint density at radius 1 is 1.21 bits per heavy atom. The molecule has 5 atom stereocenters. The normalized spacial score (nSPS) is 30.4. The molecule has 6 N–H and O–H groups in total. The lowest BCUT2D eigenvalue weighted by Gasteiger charge is -2.39. The second kappa shape index (κ2) is 7.60. The van der Waals surface area contributed by atoms with Gasteiger partial charge in [0.05, 0.1) is 6.61 Å². The molecule has 1 saturated heterocycles. The van der Waals surface area contributed by atoms with Crippen LogP contribution in [0.3, 0.4) is 0 Å². The first-order valence-corrected chi connectivity index (χ1v) is 7.04. The third-order valence-electron chi connectivity index (χ3n) is 3.49. The van der Waals surface area contributed by atoms with Gasteiger partial charge in [0, 0.05) is 17.7 Å². The van der Waals surface area contributed by atoms with Crippen molar-refractivity contribution in [2.75, 3.05) is 6.61 Å². The summed E-state index contributed by atoms with van der Waals surface area (Å²) >= 11 is 0. The van der Waals surface area contributed by atoms with Gasteiger partial charge in [-0.2, -0.15) is 0 Å². The zero-order valence-electron chi connectivity index (χ0n) is 12.4. The number of ether oxygens (including phenoxy) is 2. The second-order valence-electron chi connectivity index (χ2n) is 5.21. The van der Waals surface area contributed by atoms with E-state index in [0.29, 0.717) is 0 Å². The summed E-state index contributed by atoms with van der Waals surface area (Å²) in [6, 6.07) is 3.86. The minimum Gasteiger partial charge on any atom is -0.508 e. The Kier molecular flexibility index (Phi) is 5.75. The highest BCUT2D eigenvalue weighted by molar-refractivity contribution is 5.86. The maximum Gasteiger partial charge on any atom is 0.328 e. The quantitative estimate of drug-likeness (QED) is 0.357. The van der Waals surface area contributed by atoms with Gasteiger partial charge in [0.15, 0.2) is 0 Å². The van der Waals surface area contributed by atoms with Gasteiger partial charge in [0.25, 0.3) is 0 Å². The standard InChI is InChI=1S/C15H18O9/c16-6-10-12(20)13(21)14(22)15(24-10)23-9-5-8(17)3-1-7(9)2-4-11(18)19/h1-5,10,12-17,20-22H,6H2,(H,18,19)/b4-2+/t10-,12-,13+,14-,15-/m1/s1. The number of hydrogen-bond acceptors (Lipinski definition) is 8. The Morgan fingerprint density at radius 2 is 1.92 bits per heavy atom. The molecule has 1 aliphatic heterocycles. The van der Waals surface area contributed by atoms with Crippen LogP contribution in [0.4, 0.5) is 0 Å². The van der Waals surface area contributed by atoms with Crippen molar-refractivity contribution in [2.24, 2.45) is 0 Å². The van der Waals surface area contributed by atoms with Gasteiger partial charge >= 0.3 is 5.97 Å². The highest BCUT2D eigenvalue weighted by Gasteiger charge is 2.44. The minimum absolute atomic E-state index is 0.0168. The Labute approximate surface area is 136 Å². The lowest BCUT2D eigenvalue weighted by Crippen LogP contribution is -2.60. The van der Waals surface area contributed by atoms with Crippen molar-refractivity contribution in [2.45, 2.75) is 30.7 Å². The van der Waals surface area contributed by atoms with E-state index in [1.807, 2.05) is 0 Å². The van der Waals surface area contributed by atoms with Gasteiger partial charge in [-0.15, -0.1) is 0 Å². The summed E-state index contributed by atoms with van der Waals surface area (Å²) in [5.74, 6) is -1.39. The molecule has 2 rings (SSSR count). The van der Waals surface area contributed by atoms with Gasteiger partial charge < -0.3 is 40.1 Å². The topological polar surface area (TPSA) is 157 Å². The predicted molar refractivity (Wildman–Crippen MR) is 79.2 cm³/mol. The van der Waals surface area contributed by atoms with Crippen molar-refractivity contribution < 1.29 is 44.9 Å². The van der Waals surface area contributed by atoms with E-state index in [9.17, 15) is 25.2 Å². The molecule has 9 nitrogen and oxygen atoms in total. The van der Waals surface area contributed by atoms with Crippen LogP contribution in [0.1, 0.15) is 5.56 Å². The summed E-state index contributed by atoms with van der Waals surface area (Å²) in [7, 11) is 0. The number of phenolic OH excluding ortho intramolecular Hbond substituents is 1. The molecule has 0 bridgehead atoms. The summed E-state index contributed by atoms with van der Waals surface area (Å²) < 4.78 is 10.6.